The number of rotatable bonds is 7. The Labute approximate surface area is 173 Å². The molecule has 1 N–H and O–H groups in total. The van der Waals surface area contributed by atoms with Crippen LogP contribution >= 0.6 is 11.3 Å². The van der Waals surface area contributed by atoms with E-state index in [0.29, 0.717) is 23.1 Å². The predicted molar refractivity (Wildman–Crippen MR) is 111 cm³/mol. The van der Waals surface area contributed by atoms with Gasteiger partial charge in [0.15, 0.2) is 0 Å². The Kier molecular flexibility index (Phi) is 5.52. The van der Waals surface area contributed by atoms with Crippen molar-refractivity contribution in [1.82, 2.24) is 19.7 Å². The van der Waals surface area contributed by atoms with Crippen LogP contribution in [0.1, 0.15) is 5.56 Å². The van der Waals surface area contributed by atoms with Gasteiger partial charge >= 0.3 is 0 Å². The van der Waals surface area contributed by atoms with Crippen LogP contribution in [-0.2, 0) is 6.54 Å². The van der Waals surface area contributed by atoms with Gasteiger partial charge in [0.05, 0.1) is 22.9 Å². The lowest BCUT2D eigenvalue weighted by molar-refractivity contribution is -0.384. The number of benzene rings is 2. The summed E-state index contributed by atoms with van der Waals surface area (Å²) in [5.41, 5.74) is 5.72. The molecule has 30 heavy (non-hydrogen) atoms. The number of hydrazone groups is 1. The fraction of sp³-hybridized carbons (Fsp3) is 0.0526. The monoisotopic (exact) mass is 423 g/mol. The highest BCUT2D eigenvalue weighted by atomic mass is 32.1. The van der Waals surface area contributed by atoms with Gasteiger partial charge in [-0.05, 0) is 29.8 Å². The average Bonchev–Trinajstić information content (AvgIpc) is 3.44. The highest BCUT2D eigenvalue weighted by Crippen LogP contribution is 2.26. The number of anilines is 1. The minimum Gasteiger partial charge on any atom is -0.258 e. The second kappa shape index (κ2) is 8.57. The van der Waals surface area contributed by atoms with Crippen LogP contribution in [0.4, 0.5) is 15.2 Å². The van der Waals surface area contributed by atoms with Gasteiger partial charge in [-0.3, -0.25) is 15.5 Å². The van der Waals surface area contributed by atoms with Gasteiger partial charge in [-0.2, -0.15) is 10.2 Å². The molecule has 0 spiro atoms. The quantitative estimate of drug-likeness (QED) is 0.274. The second-order valence-electron chi connectivity index (χ2n) is 6.11. The number of nitro groups is 1. The predicted octanol–water partition coefficient (Wildman–Crippen LogP) is 3.97. The van der Waals surface area contributed by atoms with Crippen LogP contribution in [0.25, 0.3) is 11.3 Å². The Morgan fingerprint density at radius 1 is 1.20 bits per heavy atom. The van der Waals surface area contributed by atoms with E-state index in [1.807, 2.05) is 5.38 Å². The third kappa shape index (κ3) is 4.52. The zero-order chi connectivity index (χ0) is 20.9. The Balaban J connectivity index is 1.55. The number of aromatic nitrogens is 4. The number of nitrogens with one attached hydrogen (secondary N) is 1. The molecule has 2 aromatic carbocycles. The number of non-ortho nitro benzene ring substituents is 1. The maximum Gasteiger partial charge on any atom is 0.269 e. The molecular weight excluding hydrogens is 409 g/mol. The molecule has 0 aliphatic heterocycles. The molecular formula is C19H14FN7O2S. The minimum atomic E-state index is -0.446. The normalized spacial score (nSPS) is 11.4. The van der Waals surface area contributed by atoms with Crippen LogP contribution in [-0.4, -0.2) is 30.4 Å². The van der Waals surface area contributed by atoms with Gasteiger partial charge in [0.1, 0.15) is 18.5 Å². The molecule has 0 fully saturated rings. The summed E-state index contributed by atoms with van der Waals surface area (Å²) in [4.78, 5) is 18.7. The van der Waals surface area contributed by atoms with E-state index in [2.05, 4.69) is 25.6 Å². The van der Waals surface area contributed by atoms with E-state index in [1.54, 1.807) is 35.3 Å². The van der Waals surface area contributed by atoms with Crippen molar-refractivity contribution in [3.05, 3.63) is 88.1 Å². The summed E-state index contributed by atoms with van der Waals surface area (Å²) in [5.74, 6) is -0.334. The first-order valence-electron chi connectivity index (χ1n) is 8.70. The van der Waals surface area contributed by atoms with E-state index >= 15 is 0 Å². The summed E-state index contributed by atoms with van der Waals surface area (Å²) < 4.78 is 14.9. The maximum absolute atomic E-state index is 13.3. The molecule has 0 saturated heterocycles. The summed E-state index contributed by atoms with van der Waals surface area (Å²) in [6, 6.07) is 12.2. The Hall–Kier alpha value is -3.99. The maximum atomic E-state index is 13.3. The number of nitro benzene ring substituents is 1. The number of hydrogen-bond acceptors (Lipinski definition) is 8. The first-order valence-corrected chi connectivity index (χ1v) is 9.58. The van der Waals surface area contributed by atoms with Crippen molar-refractivity contribution >= 4 is 27.9 Å². The Bertz CT molecular complexity index is 1170. The highest BCUT2D eigenvalue weighted by molar-refractivity contribution is 7.14. The molecule has 0 aliphatic carbocycles. The van der Waals surface area contributed by atoms with Gasteiger partial charge in [-0.25, -0.2) is 19.0 Å². The number of nitrogens with zero attached hydrogens (tertiary/aromatic N) is 6. The molecule has 0 aliphatic rings. The molecule has 0 saturated carbocycles. The summed E-state index contributed by atoms with van der Waals surface area (Å²) in [7, 11) is 0. The van der Waals surface area contributed by atoms with Gasteiger partial charge in [-0.1, -0.05) is 12.1 Å². The van der Waals surface area contributed by atoms with Crippen molar-refractivity contribution in [1.29, 1.82) is 0 Å². The van der Waals surface area contributed by atoms with Crippen molar-refractivity contribution in [2.75, 3.05) is 5.43 Å². The summed E-state index contributed by atoms with van der Waals surface area (Å²) in [6.45, 7) is 0.333. The van der Waals surface area contributed by atoms with Crippen LogP contribution in [0.5, 0.6) is 0 Å². The summed E-state index contributed by atoms with van der Waals surface area (Å²) >= 11 is 1.34. The number of halogens is 1. The van der Waals surface area contributed by atoms with E-state index in [-0.39, 0.29) is 11.5 Å². The third-order valence-electron chi connectivity index (χ3n) is 4.12. The van der Waals surface area contributed by atoms with Gasteiger partial charge in [0.25, 0.3) is 5.69 Å². The SMILES string of the molecule is O=[N+]([O-])c1ccc(-c2csc(N/N=C(/Cn3cncn3)c3ccc(F)cc3)n2)cc1. The molecule has 150 valence electrons. The van der Waals surface area contributed by atoms with Crippen LogP contribution in [0.2, 0.25) is 0 Å². The lowest BCUT2D eigenvalue weighted by Crippen LogP contribution is -2.14. The van der Waals surface area contributed by atoms with Gasteiger partial charge in [-0.15, -0.1) is 11.3 Å². The van der Waals surface area contributed by atoms with E-state index in [1.165, 1.54) is 41.9 Å². The summed E-state index contributed by atoms with van der Waals surface area (Å²) in [6.07, 6.45) is 2.99. The van der Waals surface area contributed by atoms with Crippen molar-refractivity contribution in [3.63, 3.8) is 0 Å². The zero-order valence-corrected chi connectivity index (χ0v) is 16.2. The second-order valence-corrected chi connectivity index (χ2v) is 6.97. The van der Waals surface area contributed by atoms with E-state index < -0.39 is 4.92 Å². The molecule has 0 unspecified atom stereocenters. The number of hydrogen-bond donors (Lipinski definition) is 1. The molecule has 2 aromatic heterocycles. The summed E-state index contributed by atoms with van der Waals surface area (Å²) in [5, 5.41) is 21.7. The minimum absolute atomic E-state index is 0.0222. The van der Waals surface area contributed by atoms with Crippen molar-refractivity contribution < 1.29 is 9.31 Å². The molecule has 9 nitrogen and oxygen atoms in total. The van der Waals surface area contributed by atoms with Crippen molar-refractivity contribution in [2.24, 2.45) is 5.10 Å². The lowest BCUT2D eigenvalue weighted by atomic mass is 10.1. The van der Waals surface area contributed by atoms with Crippen LogP contribution in [0.15, 0.2) is 71.7 Å². The third-order valence-corrected chi connectivity index (χ3v) is 4.87. The zero-order valence-electron chi connectivity index (χ0n) is 15.3. The van der Waals surface area contributed by atoms with Crippen LogP contribution in [0.3, 0.4) is 0 Å². The molecule has 0 amide bonds. The lowest BCUT2D eigenvalue weighted by Gasteiger charge is -2.07. The van der Waals surface area contributed by atoms with Crippen LogP contribution in [0, 0.1) is 15.9 Å². The molecule has 4 aromatic rings. The molecule has 0 bridgehead atoms. The first-order chi connectivity index (χ1) is 14.6. The number of thiazole rings is 1. The van der Waals surface area contributed by atoms with Gasteiger partial charge < -0.3 is 0 Å². The fourth-order valence-corrected chi connectivity index (χ4v) is 3.29. The van der Waals surface area contributed by atoms with Crippen molar-refractivity contribution in [2.45, 2.75) is 6.54 Å². The molecule has 4 rings (SSSR count). The van der Waals surface area contributed by atoms with E-state index in [0.717, 1.165) is 11.1 Å². The van der Waals surface area contributed by atoms with E-state index in [9.17, 15) is 14.5 Å². The standard InChI is InChI=1S/C19H14FN7O2S/c20-15-5-1-13(2-6-15)17(9-26-12-21-11-22-26)24-25-19-23-18(10-30-19)14-3-7-16(8-4-14)27(28)29/h1-8,10-12H,9H2,(H,23,25)/b24-17-. The van der Waals surface area contributed by atoms with E-state index in [4.69, 9.17) is 0 Å². The molecule has 0 atom stereocenters. The molecule has 0 radical (unpaired) electrons. The van der Waals surface area contributed by atoms with Crippen molar-refractivity contribution in [3.8, 4) is 11.3 Å². The van der Waals surface area contributed by atoms with Crippen LogP contribution < -0.4 is 5.43 Å². The highest BCUT2D eigenvalue weighted by Gasteiger charge is 2.10. The Morgan fingerprint density at radius 3 is 2.63 bits per heavy atom. The smallest absolute Gasteiger partial charge is 0.258 e. The molecule has 11 heteroatoms. The largest absolute Gasteiger partial charge is 0.269 e. The van der Waals surface area contributed by atoms with Gasteiger partial charge in [0.2, 0.25) is 5.13 Å². The topological polar surface area (TPSA) is 111 Å². The fourth-order valence-electron chi connectivity index (χ4n) is 2.63. The van der Waals surface area contributed by atoms with Gasteiger partial charge in [0, 0.05) is 23.1 Å². The molecule has 2 heterocycles. The Morgan fingerprint density at radius 2 is 1.97 bits per heavy atom. The first kappa shape index (κ1) is 19.3. The average molecular weight is 423 g/mol.